The second-order valence-corrected chi connectivity index (χ2v) is 4.10. The van der Waals surface area contributed by atoms with E-state index in [-0.39, 0.29) is 11.3 Å². The van der Waals surface area contributed by atoms with Crippen molar-refractivity contribution in [2.45, 2.75) is 13.8 Å². The maximum absolute atomic E-state index is 13.8. The molecule has 0 amide bonds. The van der Waals surface area contributed by atoms with E-state index < -0.39 is 11.6 Å². The van der Waals surface area contributed by atoms with Crippen molar-refractivity contribution in [3.8, 4) is 11.1 Å². The molecular weight excluding hydrogens is 220 g/mol. The Kier molecular flexibility index (Phi) is 2.84. The van der Waals surface area contributed by atoms with E-state index >= 15 is 0 Å². The highest BCUT2D eigenvalue weighted by Gasteiger charge is 2.12. The van der Waals surface area contributed by atoms with E-state index in [0.717, 1.165) is 23.3 Å². The number of hydrogen-bond acceptors (Lipinski definition) is 1. The van der Waals surface area contributed by atoms with Crippen LogP contribution in [-0.2, 0) is 0 Å². The summed E-state index contributed by atoms with van der Waals surface area (Å²) >= 11 is 0. The van der Waals surface area contributed by atoms with Gasteiger partial charge in [0.25, 0.3) is 0 Å². The molecule has 0 heterocycles. The zero-order valence-corrected chi connectivity index (χ0v) is 9.72. The lowest BCUT2D eigenvalue weighted by Gasteiger charge is -2.10. The van der Waals surface area contributed by atoms with Crippen LogP contribution >= 0.6 is 0 Å². The topological polar surface area (TPSA) is 26.0 Å². The van der Waals surface area contributed by atoms with E-state index in [0.29, 0.717) is 5.56 Å². The molecule has 0 aromatic heterocycles. The number of benzene rings is 2. The van der Waals surface area contributed by atoms with Crippen LogP contribution in [0.3, 0.4) is 0 Å². The van der Waals surface area contributed by atoms with Gasteiger partial charge in [-0.25, -0.2) is 8.78 Å². The van der Waals surface area contributed by atoms with E-state index in [1.54, 1.807) is 6.07 Å². The quantitative estimate of drug-likeness (QED) is 0.744. The molecule has 0 bridgehead atoms. The minimum atomic E-state index is -0.595. The highest BCUT2D eigenvalue weighted by atomic mass is 19.1. The number of halogens is 2. The van der Waals surface area contributed by atoms with Crippen molar-refractivity contribution in [1.29, 1.82) is 0 Å². The van der Waals surface area contributed by atoms with Crippen molar-refractivity contribution in [2.75, 3.05) is 5.73 Å². The summed E-state index contributed by atoms with van der Waals surface area (Å²) in [6, 6.07) is 7.70. The first-order valence-electron chi connectivity index (χ1n) is 5.32. The Bertz CT molecular complexity index is 577. The van der Waals surface area contributed by atoms with Crippen LogP contribution in [0.5, 0.6) is 0 Å². The Hall–Kier alpha value is -1.90. The zero-order valence-electron chi connectivity index (χ0n) is 9.72. The number of anilines is 1. The third-order valence-electron chi connectivity index (χ3n) is 2.98. The first-order valence-corrected chi connectivity index (χ1v) is 5.32. The smallest absolute Gasteiger partial charge is 0.146 e. The average molecular weight is 233 g/mol. The van der Waals surface area contributed by atoms with Crippen LogP contribution in [0.2, 0.25) is 0 Å². The molecule has 0 spiro atoms. The van der Waals surface area contributed by atoms with Crippen LogP contribution in [-0.4, -0.2) is 0 Å². The SMILES string of the molecule is Cc1cccc(-c2cc(F)c(N)cc2F)c1C. The number of rotatable bonds is 1. The normalized spacial score (nSPS) is 10.6. The highest BCUT2D eigenvalue weighted by molar-refractivity contribution is 5.70. The molecule has 0 fully saturated rings. The van der Waals surface area contributed by atoms with Crippen LogP contribution in [0.1, 0.15) is 11.1 Å². The van der Waals surface area contributed by atoms with Crippen molar-refractivity contribution in [3.63, 3.8) is 0 Å². The summed E-state index contributed by atoms with van der Waals surface area (Å²) in [5.41, 5.74) is 8.08. The Morgan fingerprint density at radius 3 is 2.35 bits per heavy atom. The lowest BCUT2D eigenvalue weighted by atomic mass is 9.96. The van der Waals surface area contributed by atoms with Crippen molar-refractivity contribution in [2.24, 2.45) is 0 Å². The number of aryl methyl sites for hydroxylation is 1. The fourth-order valence-electron chi connectivity index (χ4n) is 1.81. The molecule has 0 radical (unpaired) electrons. The second-order valence-electron chi connectivity index (χ2n) is 4.10. The van der Waals surface area contributed by atoms with Crippen molar-refractivity contribution in [1.82, 2.24) is 0 Å². The molecule has 0 saturated carbocycles. The van der Waals surface area contributed by atoms with E-state index in [4.69, 9.17) is 5.73 Å². The van der Waals surface area contributed by atoms with Crippen molar-refractivity contribution >= 4 is 5.69 Å². The molecule has 0 saturated heterocycles. The summed E-state index contributed by atoms with van der Waals surface area (Å²) in [6.07, 6.45) is 0. The molecule has 88 valence electrons. The maximum Gasteiger partial charge on any atom is 0.146 e. The summed E-state index contributed by atoms with van der Waals surface area (Å²) in [7, 11) is 0. The number of hydrogen-bond donors (Lipinski definition) is 1. The molecule has 2 aromatic rings. The first-order chi connectivity index (χ1) is 8.00. The van der Waals surface area contributed by atoms with E-state index in [9.17, 15) is 8.78 Å². The van der Waals surface area contributed by atoms with Crippen LogP contribution in [0, 0.1) is 25.5 Å². The van der Waals surface area contributed by atoms with Crippen LogP contribution in [0.25, 0.3) is 11.1 Å². The molecule has 2 aromatic carbocycles. The lowest BCUT2D eigenvalue weighted by Crippen LogP contribution is -1.96. The molecule has 0 unspecified atom stereocenters. The van der Waals surface area contributed by atoms with Gasteiger partial charge in [-0.2, -0.15) is 0 Å². The summed E-state index contributed by atoms with van der Waals surface area (Å²) in [6.45, 7) is 3.82. The molecule has 0 aliphatic rings. The van der Waals surface area contributed by atoms with Gasteiger partial charge in [0, 0.05) is 11.6 Å². The van der Waals surface area contributed by atoms with Gasteiger partial charge in [-0.05, 0) is 36.6 Å². The molecule has 2 rings (SSSR count). The van der Waals surface area contributed by atoms with E-state index in [1.165, 1.54) is 0 Å². The predicted octanol–water partition coefficient (Wildman–Crippen LogP) is 3.83. The summed E-state index contributed by atoms with van der Waals surface area (Å²) in [5.74, 6) is -1.10. The molecule has 0 aliphatic carbocycles. The Morgan fingerprint density at radius 2 is 1.65 bits per heavy atom. The van der Waals surface area contributed by atoms with Gasteiger partial charge in [-0.15, -0.1) is 0 Å². The summed E-state index contributed by atoms with van der Waals surface area (Å²) in [4.78, 5) is 0. The number of nitrogens with two attached hydrogens (primary N) is 1. The Morgan fingerprint density at radius 1 is 0.941 bits per heavy atom. The minimum Gasteiger partial charge on any atom is -0.396 e. The van der Waals surface area contributed by atoms with Crippen molar-refractivity contribution < 1.29 is 8.78 Å². The first kappa shape index (κ1) is 11.6. The minimum absolute atomic E-state index is 0.170. The van der Waals surface area contributed by atoms with Gasteiger partial charge in [-0.3, -0.25) is 0 Å². The zero-order chi connectivity index (χ0) is 12.6. The van der Waals surface area contributed by atoms with Gasteiger partial charge < -0.3 is 5.73 Å². The monoisotopic (exact) mass is 233 g/mol. The van der Waals surface area contributed by atoms with E-state index in [1.807, 2.05) is 26.0 Å². The van der Waals surface area contributed by atoms with Crippen LogP contribution in [0.4, 0.5) is 14.5 Å². The molecule has 2 N–H and O–H groups in total. The largest absolute Gasteiger partial charge is 0.396 e. The third-order valence-corrected chi connectivity index (χ3v) is 2.98. The highest BCUT2D eigenvalue weighted by Crippen LogP contribution is 2.30. The van der Waals surface area contributed by atoms with Gasteiger partial charge in [0.1, 0.15) is 11.6 Å². The Balaban J connectivity index is 2.69. The molecule has 0 aliphatic heterocycles. The Labute approximate surface area is 98.9 Å². The summed E-state index contributed by atoms with van der Waals surface area (Å²) < 4.78 is 27.2. The molecule has 3 heteroatoms. The van der Waals surface area contributed by atoms with Gasteiger partial charge in [-0.1, -0.05) is 18.2 Å². The molecule has 1 nitrogen and oxygen atoms in total. The molecular formula is C14H13F2N. The van der Waals surface area contributed by atoms with E-state index in [2.05, 4.69) is 0 Å². The number of nitrogen functional groups attached to an aromatic ring is 1. The predicted molar refractivity (Wildman–Crippen MR) is 65.7 cm³/mol. The standard InChI is InChI=1S/C14H13F2N/c1-8-4-3-5-10(9(8)2)11-6-13(16)14(17)7-12(11)15/h3-7H,17H2,1-2H3. The lowest BCUT2D eigenvalue weighted by molar-refractivity contribution is 0.607. The third kappa shape index (κ3) is 2.00. The van der Waals surface area contributed by atoms with Crippen LogP contribution < -0.4 is 5.73 Å². The second kappa shape index (κ2) is 4.17. The van der Waals surface area contributed by atoms with Gasteiger partial charge >= 0.3 is 0 Å². The fraction of sp³-hybridized carbons (Fsp3) is 0.143. The van der Waals surface area contributed by atoms with Crippen LogP contribution in [0.15, 0.2) is 30.3 Å². The molecule has 17 heavy (non-hydrogen) atoms. The van der Waals surface area contributed by atoms with Gasteiger partial charge in [0.2, 0.25) is 0 Å². The molecule has 0 atom stereocenters. The maximum atomic E-state index is 13.8. The summed E-state index contributed by atoms with van der Waals surface area (Å²) in [5, 5.41) is 0. The van der Waals surface area contributed by atoms with Crippen molar-refractivity contribution in [3.05, 3.63) is 53.1 Å². The average Bonchev–Trinajstić information content (AvgIpc) is 2.28. The fourth-order valence-corrected chi connectivity index (χ4v) is 1.81. The van der Waals surface area contributed by atoms with Gasteiger partial charge in [0.15, 0.2) is 0 Å². The van der Waals surface area contributed by atoms with Gasteiger partial charge in [0.05, 0.1) is 5.69 Å².